The van der Waals surface area contributed by atoms with Crippen molar-refractivity contribution >= 4 is 11.3 Å². The second kappa shape index (κ2) is 5.56. The topological polar surface area (TPSA) is 50.9 Å². The third-order valence-electron chi connectivity index (χ3n) is 2.83. The first kappa shape index (κ1) is 13.1. The van der Waals surface area contributed by atoms with Crippen molar-refractivity contribution < 1.29 is 4.39 Å². The van der Waals surface area contributed by atoms with Crippen molar-refractivity contribution in [3.05, 3.63) is 51.2 Å². The van der Waals surface area contributed by atoms with E-state index in [-0.39, 0.29) is 11.9 Å². The number of hydrogen-bond acceptors (Lipinski definition) is 4. The fraction of sp³-hybridized carbons (Fsp3) is 0.308. The summed E-state index contributed by atoms with van der Waals surface area (Å²) in [6.45, 7) is 3.72. The molecule has 0 radical (unpaired) electrons. The van der Waals surface area contributed by atoms with Gasteiger partial charge in [-0.25, -0.2) is 9.37 Å². The van der Waals surface area contributed by atoms with E-state index in [1.54, 1.807) is 24.3 Å². The van der Waals surface area contributed by atoms with Crippen molar-refractivity contribution in [2.45, 2.75) is 26.3 Å². The maximum atomic E-state index is 13.2. The minimum atomic E-state index is -0.195. The van der Waals surface area contributed by atoms with Crippen LogP contribution in [-0.4, -0.2) is 4.98 Å². The Hall–Kier alpha value is -1.30. The second-order valence-electron chi connectivity index (χ2n) is 4.31. The number of rotatable bonds is 4. The zero-order chi connectivity index (χ0) is 13.1. The largest absolute Gasteiger partial charge is 0.271 e. The predicted molar refractivity (Wildman–Crippen MR) is 71.8 cm³/mol. The van der Waals surface area contributed by atoms with Crippen LogP contribution in [0.4, 0.5) is 4.39 Å². The molecule has 0 amide bonds. The van der Waals surface area contributed by atoms with Gasteiger partial charge in [0.2, 0.25) is 0 Å². The number of nitrogens with one attached hydrogen (secondary N) is 1. The first-order valence-electron chi connectivity index (χ1n) is 5.73. The Labute approximate surface area is 110 Å². The van der Waals surface area contributed by atoms with E-state index in [4.69, 9.17) is 5.84 Å². The molecule has 18 heavy (non-hydrogen) atoms. The molecule has 1 aromatic carbocycles. The number of nitrogens with two attached hydrogens (primary N) is 1. The van der Waals surface area contributed by atoms with Crippen molar-refractivity contribution in [1.82, 2.24) is 10.4 Å². The molecule has 0 aliphatic heterocycles. The molecule has 0 fully saturated rings. The molecule has 5 heteroatoms. The van der Waals surface area contributed by atoms with E-state index in [2.05, 4.69) is 10.4 Å². The van der Waals surface area contributed by atoms with E-state index in [9.17, 15) is 4.39 Å². The summed E-state index contributed by atoms with van der Waals surface area (Å²) in [5.74, 6) is 5.39. The van der Waals surface area contributed by atoms with Crippen LogP contribution >= 0.6 is 11.3 Å². The molecule has 2 rings (SSSR count). The Bertz CT molecular complexity index is 539. The van der Waals surface area contributed by atoms with Crippen LogP contribution in [0.15, 0.2) is 23.6 Å². The molecule has 2 aromatic rings. The number of aromatic nitrogens is 1. The van der Waals surface area contributed by atoms with E-state index in [1.165, 1.54) is 6.07 Å². The fourth-order valence-electron chi connectivity index (χ4n) is 1.83. The highest BCUT2D eigenvalue weighted by molar-refractivity contribution is 7.09. The van der Waals surface area contributed by atoms with Crippen LogP contribution in [0.5, 0.6) is 0 Å². The average Bonchev–Trinajstić information content (AvgIpc) is 2.75. The Morgan fingerprint density at radius 3 is 2.78 bits per heavy atom. The SMILES string of the molecule is Cc1csc(CC(NN)c2ccc(F)c(C)c2)n1. The Morgan fingerprint density at radius 1 is 1.44 bits per heavy atom. The quantitative estimate of drug-likeness (QED) is 0.660. The molecule has 96 valence electrons. The second-order valence-corrected chi connectivity index (χ2v) is 5.26. The molecule has 3 nitrogen and oxygen atoms in total. The zero-order valence-corrected chi connectivity index (χ0v) is 11.2. The summed E-state index contributed by atoms with van der Waals surface area (Å²) in [7, 11) is 0. The van der Waals surface area contributed by atoms with Gasteiger partial charge in [-0.05, 0) is 31.0 Å². The van der Waals surface area contributed by atoms with Crippen molar-refractivity contribution in [2.75, 3.05) is 0 Å². The van der Waals surface area contributed by atoms with E-state index < -0.39 is 0 Å². The van der Waals surface area contributed by atoms with Crippen LogP contribution in [0.3, 0.4) is 0 Å². The van der Waals surface area contributed by atoms with Crippen molar-refractivity contribution in [2.24, 2.45) is 5.84 Å². The molecule has 0 saturated heterocycles. The van der Waals surface area contributed by atoms with Crippen LogP contribution < -0.4 is 11.3 Å². The third kappa shape index (κ3) is 2.93. The van der Waals surface area contributed by atoms with Crippen LogP contribution in [-0.2, 0) is 6.42 Å². The number of hydrazine groups is 1. The van der Waals surface area contributed by atoms with E-state index >= 15 is 0 Å². The lowest BCUT2D eigenvalue weighted by atomic mass is 10.0. The summed E-state index contributed by atoms with van der Waals surface area (Å²) >= 11 is 1.61. The first-order chi connectivity index (χ1) is 8.60. The highest BCUT2D eigenvalue weighted by atomic mass is 32.1. The van der Waals surface area contributed by atoms with E-state index in [0.29, 0.717) is 12.0 Å². The number of benzene rings is 1. The lowest BCUT2D eigenvalue weighted by Crippen LogP contribution is -2.29. The Morgan fingerprint density at radius 2 is 2.22 bits per heavy atom. The summed E-state index contributed by atoms with van der Waals surface area (Å²) in [6, 6.07) is 5.00. The van der Waals surface area contributed by atoms with Gasteiger partial charge in [-0.1, -0.05) is 12.1 Å². The van der Waals surface area contributed by atoms with Crippen molar-refractivity contribution in [3.8, 4) is 0 Å². The smallest absolute Gasteiger partial charge is 0.126 e. The van der Waals surface area contributed by atoms with Gasteiger partial charge in [0.25, 0.3) is 0 Å². The lowest BCUT2D eigenvalue weighted by molar-refractivity contribution is 0.546. The van der Waals surface area contributed by atoms with Gasteiger partial charge < -0.3 is 0 Å². The number of nitrogens with zero attached hydrogens (tertiary/aromatic N) is 1. The highest BCUT2D eigenvalue weighted by Gasteiger charge is 2.13. The number of hydrogen-bond donors (Lipinski definition) is 2. The predicted octanol–water partition coefficient (Wildman–Crippen LogP) is 2.65. The molecule has 0 bridgehead atoms. The summed E-state index contributed by atoms with van der Waals surface area (Å²) in [6.07, 6.45) is 0.708. The molecule has 3 N–H and O–H groups in total. The Balaban J connectivity index is 2.19. The zero-order valence-electron chi connectivity index (χ0n) is 10.4. The Kier molecular flexibility index (Phi) is 4.06. The number of aryl methyl sites for hydroxylation is 2. The first-order valence-corrected chi connectivity index (χ1v) is 6.61. The molecule has 0 saturated carbocycles. The van der Waals surface area contributed by atoms with Crippen LogP contribution in [0.1, 0.15) is 27.9 Å². The van der Waals surface area contributed by atoms with Crippen molar-refractivity contribution in [1.29, 1.82) is 0 Å². The average molecular weight is 265 g/mol. The van der Waals surface area contributed by atoms with Gasteiger partial charge >= 0.3 is 0 Å². The fourth-order valence-corrected chi connectivity index (χ4v) is 2.65. The van der Waals surface area contributed by atoms with Gasteiger partial charge in [0.1, 0.15) is 5.82 Å². The molecule has 1 unspecified atom stereocenters. The van der Waals surface area contributed by atoms with Gasteiger partial charge in [0.15, 0.2) is 0 Å². The molecule has 1 atom stereocenters. The van der Waals surface area contributed by atoms with Gasteiger partial charge in [-0.2, -0.15) is 0 Å². The molecule has 0 aliphatic rings. The van der Waals surface area contributed by atoms with Crippen LogP contribution in [0.25, 0.3) is 0 Å². The summed E-state index contributed by atoms with van der Waals surface area (Å²) in [5, 5.41) is 3.04. The van der Waals surface area contributed by atoms with E-state index in [0.717, 1.165) is 16.3 Å². The van der Waals surface area contributed by atoms with E-state index in [1.807, 2.05) is 18.4 Å². The molecular weight excluding hydrogens is 249 g/mol. The summed E-state index contributed by atoms with van der Waals surface area (Å²) in [4.78, 5) is 4.41. The molecule has 0 aliphatic carbocycles. The third-order valence-corrected chi connectivity index (χ3v) is 3.82. The van der Waals surface area contributed by atoms with Gasteiger partial charge in [0.05, 0.1) is 11.0 Å². The minimum absolute atomic E-state index is 0.0464. The standard InChI is InChI=1S/C13H16FN3S/c1-8-5-10(3-4-11(8)14)12(17-15)6-13-16-9(2)7-18-13/h3-5,7,12,17H,6,15H2,1-2H3. The molecule has 1 heterocycles. The number of thiazole rings is 1. The normalized spacial score (nSPS) is 12.7. The molecular formula is C13H16FN3S. The molecule has 1 aromatic heterocycles. The minimum Gasteiger partial charge on any atom is -0.271 e. The number of halogens is 1. The summed E-state index contributed by atoms with van der Waals surface area (Å²) in [5.41, 5.74) is 5.39. The maximum Gasteiger partial charge on any atom is 0.126 e. The van der Waals surface area contributed by atoms with Gasteiger partial charge in [0, 0.05) is 17.5 Å². The van der Waals surface area contributed by atoms with Crippen LogP contribution in [0, 0.1) is 19.7 Å². The molecule has 0 spiro atoms. The highest BCUT2D eigenvalue weighted by Crippen LogP contribution is 2.21. The summed E-state index contributed by atoms with van der Waals surface area (Å²) < 4.78 is 13.2. The van der Waals surface area contributed by atoms with Gasteiger partial charge in [-0.3, -0.25) is 11.3 Å². The maximum absolute atomic E-state index is 13.2. The lowest BCUT2D eigenvalue weighted by Gasteiger charge is -2.15. The van der Waals surface area contributed by atoms with Crippen molar-refractivity contribution in [3.63, 3.8) is 0 Å². The van der Waals surface area contributed by atoms with Gasteiger partial charge in [-0.15, -0.1) is 11.3 Å². The monoisotopic (exact) mass is 265 g/mol. The van der Waals surface area contributed by atoms with Crippen LogP contribution in [0.2, 0.25) is 0 Å².